The van der Waals surface area contributed by atoms with Crippen LogP contribution in [-0.2, 0) is 22.7 Å². The number of methoxy groups -OCH3 is 2. The molecular formula is C20H21N3O3. The second-order valence-electron chi connectivity index (χ2n) is 6.41. The second kappa shape index (κ2) is 6.80. The summed E-state index contributed by atoms with van der Waals surface area (Å²) in [5.41, 5.74) is 4.89. The number of imidazole rings is 1. The minimum Gasteiger partial charge on any atom is -0.496 e. The highest BCUT2D eigenvalue weighted by atomic mass is 16.5. The largest absolute Gasteiger partial charge is 0.496 e. The van der Waals surface area contributed by atoms with Crippen LogP contribution in [0.4, 0.5) is 0 Å². The van der Waals surface area contributed by atoms with Gasteiger partial charge in [-0.05, 0) is 29.8 Å². The normalized spacial score (nSPS) is 16.8. The van der Waals surface area contributed by atoms with Gasteiger partial charge in [0.2, 0.25) is 5.91 Å². The Bertz CT molecular complexity index is 964. The lowest BCUT2D eigenvalue weighted by Crippen LogP contribution is -2.21. The molecule has 1 aromatic carbocycles. The Morgan fingerprint density at radius 3 is 2.96 bits per heavy atom. The van der Waals surface area contributed by atoms with E-state index in [2.05, 4.69) is 15.8 Å². The van der Waals surface area contributed by atoms with E-state index in [1.807, 2.05) is 36.5 Å². The first-order valence-electron chi connectivity index (χ1n) is 8.59. The fourth-order valence-electron chi connectivity index (χ4n) is 3.66. The van der Waals surface area contributed by atoms with Gasteiger partial charge >= 0.3 is 0 Å². The third kappa shape index (κ3) is 2.82. The van der Waals surface area contributed by atoms with Crippen molar-refractivity contribution >= 4 is 11.6 Å². The summed E-state index contributed by atoms with van der Waals surface area (Å²) < 4.78 is 12.8. The molecule has 6 heteroatoms. The first kappa shape index (κ1) is 16.6. The minimum atomic E-state index is -0.0774. The fourth-order valence-corrected chi connectivity index (χ4v) is 3.66. The van der Waals surface area contributed by atoms with Gasteiger partial charge < -0.3 is 19.2 Å². The van der Waals surface area contributed by atoms with Crippen molar-refractivity contribution in [2.24, 2.45) is 0 Å². The highest BCUT2D eigenvalue weighted by Gasteiger charge is 2.29. The van der Waals surface area contributed by atoms with Crippen LogP contribution in [0.15, 0.2) is 42.6 Å². The maximum atomic E-state index is 12.3. The Morgan fingerprint density at radius 1 is 1.27 bits per heavy atom. The number of amides is 1. The summed E-state index contributed by atoms with van der Waals surface area (Å²) in [6.45, 7) is 0.906. The van der Waals surface area contributed by atoms with Crippen LogP contribution in [0.5, 0.6) is 5.75 Å². The van der Waals surface area contributed by atoms with Gasteiger partial charge in [-0.25, -0.2) is 4.98 Å². The molecule has 0 saturated carbocycles. The summed E-state index contributed by atoms with van der Waals surface area (Å²) >= 11 is 0. The predicted molar refractivity (Wildman–Crippen MR) is 97.2 cm³/mol. The van der Waals surface area contributed by atoms with Gasteiger partial charge in [-0.3, -0.25) is 4.79 Å². The standard InChI is InChI=1S/C20H21N3O3/c1-25-12-14-9-13(6-7-17(14)26-2)15-10-19(24)21-11-16-20(15)23-8-4-3-5-18(23)22-16/h3-9,15H,10-12H2,1-2H3,(H,21,24). The van der Waals surface area contributed by atoms with Crippen LogP contribution in [0.3, 0.4) is 0 Å². The minimum absolute atomic E-state index is 0.0294. The fraction of sp³-hybridized carbons (Fsp3) is 0.300. The zero-order chi connectivity index (χ0) is 18.1. The molecule has 3 aromatic rings. The van der Waals surface area contributed by atoms with Crippen LogP contribution >= 0.6 is 0 Å². The first-order valence-corrected chi connectivity index (χ1v) is 8.59. The summed E-state index contributed by atoms with van der Waals surface area (Å²) in [6, 6.07) is 12.0. The summed E-state index contributed by atoms with van der Waals surface area (Å²) in [5.74, 6) is 0.736. The summed E-state index contributed by atoms with van der Waals surface area (Å²) in [4.78, 5) is 17.0. The van der Waals surface area contributed by atoms with E-state index in [9.17, 15) is 4.79 Å². The smallest absolute Gasteiger partial charge is 0.221 e. The molecule has 0 spiro atoms. The van der Waals surface area contributed by atoms with Gasteiger partial charge in [0.1, 0.15) is 11.4 Å². The van der Waals surface area contributed by atoms with Gasteiger partial charge in [0, 0.05) is 31.2 Å². The van der Waals surface area contributed by atoms with Crippen LogP contribution in [0.25, 0.3) is 5.65 Å². The number of rotatable bonds is 4. The van der Waals surface area contributed by atoms with Crippen molar-refractivity contribution in [2.75, 3.05) is 14.2 Å². The zero-order valence-corrected chi connectivity index (χ0v) is 14.9. The molecule has 0 fully saturated rings. The Morgan fingerprint density at radius 2 is 2.15 bits per heavy atom. The van der Waals surface area contributed by atoms with E-state index in [0.29, 0.717) is 19.6 Å². The Labute approximate surface area is 151 Å². The SMILES string of the molecule is COCc1cc(C2CC(=O)NCc3nc4ccccn4c32)ccc1OC. The van der Waals surface area contributed by atoms with Gasteiger partial charge in [-0.1, -0.05) is 12.1 Å². The van der Waals surface area contributed by atoms with Crippen LogP contribution in [0.2, 0.25) is 0 Å². The van der Waals surface area contributed by atoms with Gasteiger partial charge in [0.05, 0.1) is 31.6 Å². The van der Waals surface area contributed by atoms with Crippen LogP contribution < -0.4 is 10.1 Å². The molecular weight excluding hydrogens is 330 g/mol. The second-order valence-corrected chi connectivity index (χ2v) is 6.41. The van der Waals surface area contributed by atoms with E-state index in [-0.39, 0.29) is 11.8 Å². The molecule has 1 atom stereocenters. The molecule has 1 aliphatic rings. The van der Waals surface area contributed by atoms with E-state index >= 15 is 0 Å². The zero-order valence-electron chi connectivity index (χ0n) is 14.9. The van der Waals surface area contributed by atoms with Crippen molar-refractivity contribution in [2.45, 2.75) is 25.5 Å². The predicted octanol–water partition coefficient (Wildman–Crippen LogP) is 2.64. The van der Waals surface area contributed by atoms with E-state index in [0.717, 1.165) is 33.9 Å². The van der Waals surface area contributed by atoms with Gasteiger partial charge in [-0.2, -0.15) is 0 Å². The number of ether oxygens (including phenoxy) is 2. The molecule has 1 amide bonds. The van der Waals surface area contributed by atoms with E-state index in [1.165, 1.54) is 0 Å². The van der Waals surface area contributed by atoms with Gasteiger partial charge in [0.25, 0.3) is 0 Å². The van der Waals surface area contributed by atoms with Gasteiger partial charge in [0.15, 0.2) is 0 Å². The molecule has 3 heterocycles. The maximum Gasteiger partial charge on any atom is 0.221 e. The van der Waals surface area contributed by atoms with Crippen LogP contribution in [0.1, 0.15) is 34.9 Å². The monoisotopic (exact) mass is 351 g/mol. The molecule has 2 aromatic heterocycles. The third-order valence-electron chi connectivity index (χ3n) is 4.82. The Balaban J connectivity index is 1.88. The average Bonchev–Trinajstić information content (AvgIpc) is 2.94. The number of carbonyl (C=O) groups excluding carboxylic acids is 1. The Kier molecular flexibility index (Phi) is 4.34. The molecule has 0 bridgehead atoms. The van der Waals surface area contributed by atoms with Crippen molar-refractivity contribution in [1.82, 2.24) is 14.7 Å². The summed E-state index contributed by atoms with van der Waals surface area (Å²) in [7, 11) is 3.31. The summed E-state index contributed by atoms with van der Waals surface area (Å²) in [5, 5.41) is 2.96. The maximum absolute atomic E-state index is 12.3. The van der Waals surface area contributed by atoms with E-state index in [4.69, 9.17) is 14.5 Å². The molecule has 0 aliphatic carbocycles. The number of pyridine rings is 1. The molecule has 0 saturated heterocycles. The number of nitrogens with zero attached hydrogens (tertiary/aromatic N) is 2. The molecule has 1 unspecified atom stereocenters. The van der Waals surface area contributed by atoms with Crippen molar-refractivity contribution < 1.29 is 14.3 Å². The Hall–Kier alpha value is -2.86. The number of aromatic nitrogens is 2. The number of fused-ring (bicyclic) bond motifs is 3. The molecule has 134 valence electrons. The lowest BCUT2D eigenvalue weighted by Gasteiger charge is -2.18. The van der Waals surface area contributed by atoms with Crippen LogP contribution in [0, 0.1) is 0 Å². The summed E-state index contributed by atoms with van der Waals surface area (Å²) in [6.07, 6.45) is 2.39. The van der Waals surface area contributed by atoms with Crippen molar-refractivity contribution in [3.05, 3.63) is 65.1 Å². The average molecular weight is 351 g/mol. The number of benzene rings is 1. The van der Waals surface area contributed by atoms with E-state index < -0.39 is 0 Å². The molecule has 26 heavy (non-hydrogen) atoms. The topological polar surface area (TPSA) is 64.9 Å². The molecule has 1 N–H and O–H groups in total. The lowest BCUT2D eigenvalue weighted by molar-refractivity contribution is -0.121. The molecule has 6 nitrogen and oxygen atoms in total. The highest BCUT2D eigenvalue weighted by molar-refractivity contribution is 5.78. The molecule has 4 rings (SSSR count). The lowest BCUT2D eigenvalue weighted by atomic mass is 9.90. The number of nitrogens with one attached hydrogen (secondary N) is 1. The first-order chi connectivity index (χ1) is 12.7. The van der Waals surface area contributed by atoms with Crippen molar-refractivity contribution in [3.8, 4) is 5.75 Å². The van der Waals surface area contributed by atoms with Crippen molar-refractivity contribution in [3.63, 3.8) is 0 Å². The molecule has 1 aliphatic heterocycles. The van der Waals surface area contributed by atoms with Crippen molar-refractivity contribution in [1.29, 1.82) is 0 Å². The number of hydrogen-bond acceptors (Lipinski definition) is 4. The number of carbonyl (C=O) groups is 1. The van der Waals surface area contributed by atoms with Gasteiger partial charge in [-0.15, -0.1) is 0 Å². The van der Waals surface area contributed by atoms with Crippen LogP contribution in [-0.4, -0.2) is 29.5 Å². The quantitative estimate of drug-likeness (QED) is 0.785. The van der Waals surface area contributed by atoms with E-state index in [1.54, 1.807) is 14.2 Å². The highest BCUT2D eigenvalue weighted by Crippen LogP contribution is 2.35. The molecule has 0 radical (unpaired) electrons. The number of hydrogen-bond donors (Lipinski definition) is 1. The third-order valence-corrected chi connectivity index (χ3v) is 4.82.